The highest BCUT2D eigenvalue weighted by atomic mass is 19.1. The topological polar surface area (TPSA) is 60.4 Å². The minimum Gasteiger partial charge on any atom is -0.381 e. The molecule has 8 heteroatoms. The van der Waals surface area contributed by atoms with Crippen molar-refractivity contribution in [3.8, 4) is 0 Å². The Morgan fingerprint density at radius 2 is 2.00 bits per heavy atom. The summed E-state index contributed by atoms with van der Waals surface area (Å²) in [6.45, 7) is 8.77. The van der Waals surface area contributed by atoms with Crippen LogP contribution in [0.5, 0.6) is 0 Å². The van der Waals surface area contributed by atoms with E-state index in [2.05, 4.69) is 20.1 Å². The number of anilines is 1. The zero-order valence-electron chi connectivity index (χ0n) is 18.1. The van der Waals surface area contributed by atoms with Crippen LogP contribution in [0, 0.1) is 11.7 Å². The van der Waals surface area contributed by atoms with E-state index in [4.69, 9.17) is 4.74 Å². The molecule has 0 aliphatic carbocycles. The van der Waals surface area contributed by atoms with Crippen molar-refractivity contribution in [3.63, 3.8) is 0 Å². The summed E-state index contributed by atoms with van der Waals surface area (Å²) in [5, 5.41) is 3.31. The molecule has 1 atom stereocenters. The Kier molecular flexibility index (Phi) is 8.30. The number of guanidine groups is 1. The average molecular weight is 420 g/mol. The Labute approximate surface area is 178 Å². The molecule has 1 amide bonds. The molecular formula is C22H34FN5O2. The number of halogens is 1. The van der Waals surface area contributed by atoms with Crippen molar-refractivity contribution >= 4 is 17.6 Å². The fourth-order valence-electron chi connectivity index (χ4n) is 3.95. The SMILES string of the molecule is CCNC(=NCCC(=O)N1CCN(c2ccc(F)cc2)CC1)N(C)CC1CCOC1. The Morgan fingerprint density at radius 1 is 1.27 bits per heavy atom. The molecule has 2 fully saturated rings. The molecule has 2 heterocycles. The number of amides is 1. The third-order valence-corrected chi connectivity index (χ3v) is 5.66. The van der Waals surface area contributed by atoms with Gasteiger partial charge in [0.25, 0.3) is 0 Å². The number of aliphatic imine (C=N–C) groups is 1. The van der Waals surface area contributed by atoms with E-state index in [0.717, 1.165) is 57.5 Å². The van der Waals surface area contributed by atoms with Crippen LogP contribution in [0.1, 0.15) is 19.8 Å². The minimum atomic E-state index is -0.229. The van der Waals surface area contributed by atoms with Gasteiger partial charge in [0, 0.05) is 70.9 Å². The van der Waals surface area contributed by atoms with E-state index >= 15 is 0 Å². The second kappa shape index (κ2) is 11.2. The van der Waals surface area contributed by atoms with Crippen LogP contribution in [0.25, 0.3) is 0 Å². The lowest BCUT2D eigenvalue weighted by molar-refractivity contribution is -0.131. The summed E-state index contributed by atoms with van der Waals surface area (Å²) >= 11 is 0. The Balaban J connectivity index is 1.43. The quantitative estimate of drug-likeness (QED) is 0.540. The summed E-state index contributed by atoms with van der Waals surface area (Å²) < 4.78 is 18.6. The highest BCUT2D eigenvalue weighted by molar-refractivity contribution is 5.81. The maximum atomic E-state index is 13.1. The summed E-state index contributed by atoms with van der Waals surface area (Å²) in [5.41, 5.74) is 0.999. The number of carbonyl (C=O) groups excluding carboxylic acids is 1. The lowest BCUT2D eigenvalue weighted by Gasteiger charge is -2.36. The van der Waals surface area contributed by atoms with E-state index in [9.17, 15) is 9.18 Å². The maximum absolute atomic E-state index is 13.1. The fourth-order valence-corrected chi connectivity index (χ4v) is 3.95. The lowest BCUT2D eigenvalue weighted by Crippen LogP contribution is -2.49. The molecule has 166 valence electrons. The Bertz CT molecular complexity index is 698. The fraction of sp³-hybridized carbons (Fsp3) is 0.636. The van der Waals surface area contributed by atoms with Crippen molar-refractivity contribution in [3.05, 3.63) is 30.1 Å². The van der Waals surface area contributed by atoms with Gasteiger partial charge in [-0.2, -0.15) is 0 Å². The normalized spacial score (nSPS) is 19.8. The van der Waals surface area contributed by atoms with Crippen LogP contribution in [0.4, 0.5) is 10.1 Å². The third kappa shape index (κ3) is 6.32. The number of carbonyl (C=O) groups is 1. The van der Waals surface area contributed by atoms with Gasteiger partial charge in [-0.15, -0.1) is 0 Å². The highest BCUT2D eigenvalue weighted by Gasteiger charge is 2.22. The molecule has 0 radical (unpaired) electrons. The molecule has 1 N–H and O–H groups in total. The third-order valence-electron chi connectivity index (χ3n) is 5.66. The molecule has 1 aromatic rings. The van der Waals surface area contributed by atoms with Crippen molar-refractivity contribution in [2.45, 2.75) is 19.8 Å². The van der Waals surface area contributed by atoms with E-state index in [1.165, 1.54) is 12.1 Å². The first kappa shape index (κ1) is 22.3. The van der Waals surface area contributed by atoms with Crippen LogP contribution in [0.3, 0.4) is 0 Å². The number of ether oxygens (including phenoxy) is 1. The van der Waals surface area contributed by atoms with Gasteiger partial charge in [0.2, 0.25) is 5.91 Å². The number of benzene rings is 1. The van der Waals surface area contributed by atoms with Crippen molar-refractivity contribution in [1.82, 2.24) is 15.1 Å². The van der Waals surface area contributed by atoms with Gasteiger partial charge in [-0.1, -0.05) is 0 Å². The Hall–Kier alpha value is -2.35. The maximum Gasteiger partial charge on any atom is 0.224 e. The number of rotatable bonds is 7. The van der Waals surface area contributed by atoms with Gasteiger partial charge >= 0.3 is 0 Å². The molecular weight excluding hydrogens is 385 g/mol. The van der Waals surface area contributed by atoms with Crippen LogP contribution in [-0.4, -0.2) is 87.7 Å². The van der Waals surface area contributed by atoms with E-state index in [1.807, 2.05) is 18.9 Å². The summed E-state index contributed by atoms with van der Waals surface area (Å²) in [7, 11) is 2.04. The van der Waals surface area contributed by atoms with E-state index in [-0.39, 0.29) is 11.7 Å². The highest BCUT2D eigenvalue weighted by Crippen LogP contribution is 2.17. The van der Waals surface area contributed by atoms with Crippen LogP contribution >= 0.6 is 0 Å². The van der Waals surface area contributed by atoms with Crippen LogP contribution in [-0.2, 0) is 9.53 Å². The molecule has 2 saturated heterocycles. The molecule has 30 heavy (non-hydrogen) atoms. The standard InChI is InChI=1S/C22H34FN5O2/c1-3-24-22(26(2)16-18-9-15-30-17-18)25-10-8-21(29)28-13-11-27(12-14-28)20-6-4-19(23)5-7-20/h4-7,18H,3,8-17H2,1-2H3,(H,24,25). The number of piperazine rings is 1. The van der Waals surface area contributed by atoms with Gasteiger partial charge < -0.3 is 24.8 Å². The zero-order valence-corrected chi connectivity index (χ0v) is 18.1. The summed E-state index contributed by atoms with van der Waals surface area (Å²) in [4.78, 5) is 23.5. The van der Waals surface area contributed by atoms with Crippen molar-refractivity contribution in [2.75, 3.05) is 71.0 Å². The molecule has 7 nitrogen and oxygen atoms in total. The molecule has 2 aliphatic heterocycles. The van der Waals surface area contributed by atoms with E-state index in [0.29, 0.717) is 32.0 Å². The zero-order chi connectivity index (χ0) is 21.3. The van der Waals surface area contributed by atoms with Crippen LogP contribution < -0.4 is 10.2 Å². The first-order valence-corrected chi connectivity index (χ1v) is 10.9. The van der Waals surface area contributed by atoms with Gasteiger partial charge in [-0.3, -0.25) is 9.79 Å². The number of hydrogen-bond donors (Lipinski definition) is 1. The summed E-state index contributed by atoms with van der Waals surface area (Å²) in [5.74, 6) is 1.30. The van der Waals surface area contributed by atoms with Crippen molar-refractivity contribution in [2.24, 2.45) is 10.9 Å². The second-order valence-electron chi connectivity index (χ2n) is 7.94. The van der Waals surface area contributed by atoms with Gasteiger partial charge in [0.05, 0.1) is 13.2 Å². The van der Waals surface area contributed by atoms with Crippen LogP contribution in [0.15, 0.2) is 29.3 Å². The van der Waals surface area contributed by atoms with Gasteiger partial charge in [0.15, 0.2) is 5.96 Å². The number of nitrogens with zero attached hydrogens (tertiary/aromatic N) is 4. The van der Waals surface area contributed by atoms with Gasteiger partial charge in [-0.05, 0) is 37.6 Å². The van der Waals surface area contributed by atoms with Crippen LogP contribution in [0.2, 0.25) is 0 Å². The van der Waals surface area contributed by atoms with Gasteiger partial charge in [0.1, 0.15) is 5.82 Å². The monoisotopic (exact) mass is 419 g/mol. The molecule has 3 rings (SSSR count). The lowest BCUT2D eigenvalue weighted by atomic mass is 10.1. The molecule has 0 aromatic heterocycles. The predicted molar refractivity (Wildman–Crippen MR) is 117 cm³/mol. The second-order valence-corrected chi connectivity index (χ2v) is 7.94. The van der Waals surface area contributed by atoms with E-state index < -0.39 is 0 Å². The smallest absolute Gasteiger partial charge is 0.224 e. The molecule has 2 aliphatic rings. The first-order chi connectivity index (χ1) is 14.6. The van der Waals surface area contributed by atoms with Crippen molar-refractivity contribution in [1.29, 1.82) is 0 Å². The average Bonchev–Trinajstić information content (AvgIpc) is 3.26. The minimum absolute atomic E-state index is 0.139. The largest absolute Gasteiger partial charge is 0.381 e. The first-order valence-electron chi connectivity index (χ1n) is 10.9. The molecule has 0 bridgehead atoms. The number of nitrogens with one attached hydrogen (secondary N) is 1. The van der Waals surface area contributed by atoms with E-state index in [1.54, 1.807) is 12.1 Å². The molecule has 1 aromatic carbocycles. The predicted octanol–water partition coefficient (Wildman–Crippen LogP) is 1.80. The van der Waals surface area contributed by atoms with Crippen molar-refractivity contribution < 1.29 is 13.9 Å². The molecule has 1 unspecified atom stereocenters. The van der Waals surface area contributed by atoms with Gasteiger partial charge in [-0.25, -0.2) is 4.39 Å². The number of hydrogen-bond acceptors (Lipinski definition) is 4. The summed E-state index contributed by atoms with van der Waals surface area (Å²) in [6, 6.07) is 6.53. The summed E-state index contributed by atoms with van der Waals surface area (Å²) in [6.07, 6.45) is 1.50. The molecule has 0 saturated carbocycles. The molecule has 0 spiro atoms. The Morgan fingerprint density at radius 3 is 2.63 bits per heavy atom.